The summed E-state index contributed by atoms with van der Waals surface area (Å²) < 4.78 is 4.97. The van der Waals surface area contributed by atoms with Crippen LogP contribution in [0.2, 0.25) is 0 Å². The summed E-state index contributed by atoms with van der Waals surface area (Å²) >= 11 is 1.64. The SMILES string of the molecule is CCOC(=O)c1ccc(N2CCN(CC(=O)NC(=O)NCCc3cccs3)CC2)nc1. The van der Waals surface area contributed by atoms with Crippen molar-refractivity contribution in [2.45, 2.75) is 13.3 Å². The minimum atomic E-state index is -0.467. The molecule has 0 aromatic carbocycles. The van der Waals surface area contributed by atoms with Gasteiger partial charge in [-0.25, -0.2) is 14.6 Å². The Bertz CT molecular complexity index is 864. The molecule has 1 fully saturated rings. The van der Waals surface area contributed by atoms with Crippen molar-refractivity contribution in [2.24, 2.45) is 0 Å². The number of piperazine rings is 1. The van der Waals surface area contributed by atoms with Crippen molar-refractivity contribution < 1.29 is 19.1 Å². The van der Waals surface area contributed by atoms with Crippen molar-refractivity contribution in [3.63, 3.8) is 0 Å². The van der Waals surface area contributed by atoms with Gasteiger partial charge in [-0.15, -0.1) is 11.3 Å². The molecule has 0 bridgehead atoms. The van der Waals surface area contributed by atoms with Crippen LogP contribution in [-0.2, 0) is 16.0 Å². The van der Waals surface area contributed by atoms with E-state index in [2.05, 4.69) is 20.5 Å². The first kappa shape index (κ1) is 22.7. The zero-order valence-electron chi connectivity index (χ0n) is 17.5. The maximum Gasteiger partial charge on any atom is 0.339 e. The van der Waals surface area contributed by atoms with Crippen molar-refractivity contribution >= 4 is 35.1 Å². The van der Waals surface area contributed by atoms with E-state index < -0.39 is 6.03 Å². The second-order valence-corrected chi connectivity index (χ2v) is 8.05. The molecular weight excluding hydrogens is 418 g/mol. The van der Waals surface area contributed by atoms with Gasteiger partial charge in [0.15, 0.2) is 0 Å². The molecule has 1 aliphatic heterocycles. The Morgan fingerprint density at radius 3 is 2.61 bits per heavy atom. The molecule has 166 valence electrons. The molecule has 3 heterocycles. The lowest BCUT2D eigenvalue weighted by atomic mass is 10.2. The van der Waals surface area contributed by atoms with Crippen LogP contribution >= 0.6 is 11.3 Å². The summed E-state index contributed by atoms with van der Waals surface area (Å²) in [6.07, 6.45) is 2.26. The molecule has 3 rings (SSSR count). The van der Waals surface area contributed by atoms with E-state index in [1.807, 2.05) is 22.4 Å². The van der Waals surface area contributed by atoms with E-state index in [0.717, 1.165) is 12.2 Å². The number of anilines is 1. The Kier molecular flexibility index (Phi) is 8.36. The van der Waals surface area contributed by atoms with Crippen LogP contribution in [-0.4, -0.2) is 73.7 Å². The highest BCUT2D eigenvalue weighted by molar-refractivity contribution is 7.09. The molecule has 0 aliphatic carbocycles. The highest BCUT2D eigenvalue weighted by Gasteiger charge is 2.21. The quantitative estimate of drug-likeness (QED) is 0.594. The Labute approximate surface area is 185 Å². The van der Waals surface area contributed by atoms with Crippen molar-refractivity contribution in [3.8, 4) is 0 Å². The standard InChI is InChI=1S/C21H27N5O4S/c1-2-30-20(28)16-5-6-18(23-14-16)26-11-9-25(10-12-26)15-19(27)24-21(29)22-8-7-17-4-3-13-31-17/h3-6,13-14H,2,7-12,15H2,1H3,(H2,22,24,27,29). The number of aromatic nitrogens is 1. The molecule has 0 saturated carbocycles. The lowest BCUT2D eigenvalue weighted by Gasteiger charge is -2.34. The van der Waals surface area contributed by atoms with Crippen LogP contribution in [0.1, 0.15) is 22.2 Å². The maximum atomic E-state index is 12.1. The summed E-state index contributed by atoms with van der Waals surface area (Å²) in [5.74, 6) is 0.0780. The molecule has 0 radical (unpaired) electrons. The predicted molar refractivity (Wildman–Crippen MR) is 118 cm³/mol. The highest BCUT2D eigenvalue weighted by Crippen LogP contribution is 2.14. The minimum absolute atomic E-state index is 0.168. The first-order valence-corrected chi connectivity index (χ1v) is 11.1. The van der Waals surface area contributed by atoms with Crippen molar-refractivity contribution in [2.75, 3.05) is 50.8 Å². The smallest absolute Gasteiger partial charge is 0.339 e. The number of pyridine rings is 1. The van der Waals surface area contributed by atoms with Crippen LogP contribution in [0.25, 0.3) is 0 Å². The number of thiophene rings is 1. The molecule has 2 N–H and O–H groups in total. The van der Waals surface area contributed by atoms with Gasteiger partial charge in [-0.3, -0.25) is 15.0 Å². The van der Waals surface area contributed by atoms with Crippen molar-refractivity contribution in [3.05, 3.63) is 46.3 Å². The number of rotatable bonds is 8. The van der Waals surface area contributed by atoms with Gasteiger partial charge >= 0.3 is 12.0 Å². The summed E-state index contributed by atoms with van der Waals surface area (Å²) in [6.45, 7) is 5.49. The largest absolute Gasteiger partial charge is 0.462 e. The summed E-state index contributed by atoms with van der Waals surface area (Å²) in [7, 11) is 0. The molecule has 0 unspecified atom stereocenters. The van der Waals surface area contributed by atoms with Gasteiger partial charge in [-0.2, -0.15) is 0 Å². The Hall–Kier alpha value is -2.98. The Morgan fingerprint density at radius 1 is 1.16 bits per heavy atom. The van der Waals surface area contributed by atoms with Gasteiger partial charge in [0.1, 0.15) is 5.82 Å². The van der Waals surface area contributed by atoms with E-state index in [4.69, 9.17) is 4.74 Å². The van der Waals surface area contributed by atoms with E-state index in [-0.39, 0.29) is 18.4 Å². The average molecular weight is 446 g/mol. The zero-order valence-corrected chi connectivity index (χ0v) is 18.3. The third-order valence-electron chi connectivity index (χ3n) is 4.81. The fourth-order valence-electron chi connectivity index (χ4n) is 3.21. The van der Waals surface area contributed by atoms with Crippen LogP contribution in [0.5, 0.6) is 0 Å². The molecule has 31 heavy (non-hydrogen) atoms. The number of hydrogen-bond acceptors (Lipinski definition) is 8. The van der Waals surface area contributed by atoms with Crippen LogP contribution in [0, 0.1) is 0 Å². The van der Waals surface area contributed by atoms with Crippen LogP contribution < -0.4 is 15.5 Å². The monoisotopic (exact) mass is 445 g/mol. The maximum absolute atomic E-state index is 12.1. The van der Waals surface area contributed by atoms with Gasteiger partial charge in [0.05, 0.1) is 18.7 Å². The normalized spacial score (nSPS) is 14.2. The Morgan fingerprint density at radius 2 is 1.97 bits per heavy atom. The number of ether oxygens (including phenoxy) is 1. The number of hydrogen-bond donors (Lipinski definition) is 2. The first-order valence-electron chi connectivity index (χ1n) is 10.3. The second-order valence-electron chi connectivity index (χ2n) is 7.02. The number of nitrogens with zero attached hydrogens (tertiary/aromatic N) is 3. The van der Waals surface area contributed by atoms with Crippen LogP contribution in [0.15, 0.2) is 35.8 Å². The predicted octanol–water partition coefficient (Wildman–Crippen LogP) is 1.51. The number of urea groups is 1. The summed E-state index contributed by atoms with van der Waals surface area (Å²) in [4.78, 5) is 45.4. The van der Waals surface area contributed by atoms with Gasteiger partial charge in [-0.05, 0) is 36.9 Å². The number of carbonyl (C=O) groups is 3. The lowest BCUT2D eigenvalue weighted by Crippen LogP contribution is -2.51. The number of amides is 3. The lowest BCUT2D eigenvalue weighted by molar-refractivity contribution is -0.121. The van der Waals surface area contributed by atoms with E-state index in [9.17, 15) is 14.4 Å². The minimum Gasteiger partial charge on any atom is -0.462 e. The van der Waals surface area contributed by atoms with Gasteiger partial charge in [0, 0.05) is 43.8 Å². The fourth-order valence-corrected chi connectivity index (χ4v) is 3.92. The van der Waals surface area contributed by atoms with Crippen LogP contribution in [0.3, 0.4) is 0 Å². The molecule has 3 amide bonds. The highest BCUT2D eigenvalue weighted by atomic mass is 32.1. The molecule has 1 saturated heterocycles. The first-order chi connectivity index (χ1) is 15.0. The van der Waals surface area contributed by atoms with Crippen molar-refractivity contribution in [1.29, 1.82) is 0 Å². The number of imide groups is 1. The van der Waals surface area contributed by atoms with Gasteiger partial charge in [-0.1, -0.05) is 6.07 Å². The molecule has 2 aromatic heterocycles. The van der Waals surface area contributed by atoms with E-state index in [0.29, 0.717) is 44.9 Å². The van der Waals surface area contributed by atoms with E-state index >= 15 is 0 Å². The third-order valence-corrected chi connectivity index (χ3v) is 5.75. The summed E-state index contributed by atoms with van der Waals surface area (Å²) in [5.41, 5.74) is 0.426. The van der Waals surface area contributed by atoms with Gasteiger partial charge in [0.25, 0.3) is 0 Å². The van der Waals surface area contributed by atoms with Crippen LogP contribution in [0.4, 0.5) is 10.6 Å². The third kappa shape index (κ3) is 7.04. The Balaban J connectivity index is 1.36. The van der Waals surface area contributed by atoms with E-state index in [1.54, 1.807) is 30.4 Å². The molecule has 2 aromatic rings. The number of esters is 1. The van der Waals surface area contributed by atoms with Gasteiger partial charge < -0.3 is 15.0 Å². The molecule has 1 aliphatic rings. The fraction of sp³-hybridized carbons (Fsp3) is 0.429. The molecule has 10 heteroatoms. The molecular formula is C21H27N5O4S. The number of carbonyl (C=O) groups excluding carboxylic acids is 3. The molecule has 0 spiro atoms. The molecule has 0 atom stereocenters. The zero-order chi connectivity index (χ0) is 22.1. The van der Waals surface area contributed by atoms with Crippen molar-refractivity contribution in [1.82, 2.24) is 20.5 Å². The number of nitrogens with one attached hydrogen (secondary N) is 2. The molecule has 9 nitrogen and oxygen atoms in total. The van der Waals surface area contributed by atoms with Gasteiger partial charge in [0.2, 0.25) is 5.91 Å². The summed E-state index contributed by atoms with van der Waals surface area (Å²) in [6, 6.07) is 7.02. The summed E-state index contributed by atoms with van der Waals surface area (Å²) in [5, 5.41) is 7.08. The topological polar surface area (TPSA) is 104 Å². The second kappa shape index (κ2) is 11.4. The average Bonchev–Trinajstić information content (AvgIpc) is 3.28. The van der Waals surface area contributed by atoms with E-state index in [1.165, 1.54) is 11.1 Å².